The van der Waals surface area contributed by atoms with Crippen LogP contribution in [0.1, 0.15) is 37.1 Å². The summed E-state index contributed by atoms with van der Waals surface area (Å²) < 4.78 is 1.89. The van der Waals surface area contributed by atoms with Gasteiger partial charge in [0.2, 0.25) is 0 Å². The fourth-order valence-corrected chi connectivity index (χ4v) is 3.13. The van der Waals surface area contributed by atoms with Crippen molar-refractivity contribution >= 4 is 5.71 Å². The Balaban J connectivity index is 2.17. The Morgan fingerprint density at radius 1 is 1.29 bits per heavy atom. The molecule has 1 aliphatic carbocycles. The third-order valence-electron chi connectivity index (χ3n) is 4.32. The molecule has 0 saturated carbocycles. The molecule has 0 aliphatic heterocycles. The number of benzene rings is 1. The molecule has 0 spiro atoms. The summed E-state index contributed by atoms with van der Waals surface area (Å²) in [6.45, 7) is 4.30. The van der Waals surface area contributed by atoms with Crippen LogP contribution in [-0.4, -0.2) is 15.5 Å². The molecule has 4 heteroatoms. The smallest absolute Gasteiger partial charge is 0.120 e. The third-order valence-corrected chi connectivity index (χ3v) is 4.32. The zero-order chi connectivity index (χ0) is 15.2. The van der Waals surface area contributed by atoms with Gasteiger partial charge in [0.1, 0.15) is 11.8 Å². The first kappa shape index (κ1) is 13.4. The molecule has 1 N–H and O–H groups in total. The minimum absolute atomic E-state index is 0.0455. The van der Waals surface area contributed by atoms with Crippen molar-refractivity contribution in [3.05, 3.63) is 47.2 Å². The summed E-state index contributed by atoms with van der Waals surface area (Å²) in [6.07, 6.45) is 0.735. The highest BCUT2D eigenvalue weighted by Gasteiger charge is 2.35. The largest absolute Gasteiger partial charge is 0.411 e. The summed E-state index contributed by atoms with van der Waals surface area (Å²) in [5.74, 6) is 0. The molecular weight excluding hydrogens is 262 g/mol. The predicted molar refractivity (Wildman–Crippen MR) is 81.5 cm³/mol. The highest BCUT2D eigenvalue weighted by molar-refractivity contribution is 6.06. The van der Waals surface area contributed by atoms with Gasteiger partial charge in [0.05, 0.1) is 5.71 Å². The van der Waals surface area contributed by atoms with Crippen molar-refractivity contribution in [2.45, 2.75) is 25.7 Å². The number of hydrogen-bond donors (Lipinski definition) is 1. The molecule has 1 heterocycles. The molecule has 0 bridgehead atoms. The van der Waals surface area contributed by atoms with Crippen LogP contribution >= 0.6 is 0 Å². The first-order valence-corrected chi connectivity index (χ1v) is 6.90. The molecule has 1 aromatic heterocycles. The van der Waals surface area contributed by atoms with Crippen LogP contribution in [0.3, 0.4) is 0 Å². The molecule has 0 radical (unpaired) electrons. The Labute approximate surface area is 123 Å². The topological polar surface area (TPSA) is 61.3 Å². The van der Waals surface area contributed by atoms with E-state index in [1.165, 1.54) is 5.56 Å². The van der Waals surface area contributed by atoms with Gasteiger partial charge in [-0.15, -0.1) is 0 Å². The fraction of sp³-hybridized carbons (Fsp3) is 0.294. The maximum absolute atomic E-state index is 9.16. The maximum atomic E-state index is 9.16. The quantitative estimate of drug-likeness (QED) is 0.642. The van der Waals surface area contributed by atoms with Gasteiger partial charge in [0, 0.05) is 24.7 Å². The predicted octanol–water partition coefficient (Wildman–Crippen LogP) is 3.42. The van der Waals surface area contributed by atoms with E-state index in [-0.39, 0.29) is 5.41 Å². The van der Waals surface area contributed by atoms with Crippen molar-refractivity contribution in [3.63, 3.8) is 0 Å². The zero-order valence-electron chi connectivity index (χ0n) is 12.4. The van der Waals surface area contributed by atoms with Crippen LogP contribution in [0, 0.1) is 11.3 Å². The minimum atomic E-state index is -0.0455. The lowest BCUT2D eigenvalue weighted by Crippen LogP contribution is -2.12. The van der Waals surface area contributed by atoms with Crippen LogP contribution in [0.25, 0.3) is 11.3 Å². The van der Waals surface area contributed by atoms with Crippen molar-refractivity contribution in [2.75, 3.05) is 0 Å². The van der Waals surface area contributed by atoms with Crippen molar-refractivity contribution in [3.8, 4) is 17.3 Å². The molecule has 0 saturated heterocycles. The molecule has 1 aromatic carbocycles. The maximum Gasteiger partial charge on any atom is 0.120 e. The molecule has 0 atom stereocenters. The van der Waals surface area contributed by atoms with E-state index in [0.717, 1.165) is 29.0 Å². The number of aromatic nitrogens is 1. The molecule has 4 nitrogen and oxygen atoms in total. The second-order valence-corrected chi connectivity index (χ2v) is 6.14. The summed E-state index contributed by atoms with van der Waals surface area (Å²) in [4.78, 5) is 0. The number of hydrogen-bond acceptors (Lipinski definition) is 3. The second-order valence-electron chi connectivity index (χ2n) is 6.14. The van der Waals surface area contributed by atoms with E-state index in [1.807, 2.05) is 35.9 Å². The number of nitrogens with zero attached hydrogens (tertiary/aromatic N) is 3. The number of oxime groups is 1. The Morgan fingerprint density at radius 2 is 2.05 bits per heavy atom. The van der Waals surface area contributed by atoms with E-state index in [9.17, 15) is 0 Å². The van der Waals surface area contributed by atoms with Crippen LogP contribution in [0.2, 0.25) is 0 Å². The molecule has 21 heavy (non-hydrogen) atoms. The van der Waals surface area contributed by atoms with Gasteiger partial charge in [-0.2, -0.15) is 5.26 Å². The normalized spacial score (nSPS) is 17.7. The number of nitriles is 1. The van der Waals surface area contributed by atoms with E-state index >= 15 is 0 Å². The van der Waals surface area contributed by atoms with Gasteiger partial charge in [0.25, 0.3) is 0 Å². The summed E-state index contributed by atoms with van der Waals surface area (Å²) >= 11 is 0. The minimum Gasteiger partial charge on any atom is -0.411 e. The summed E-state index contributed by atoms with van der Waals surface area (Å²) in [7, 11) is 1.90. The standard InChI is InChI=1S/C17H17N3O/c1-17(2)9-15(19-21)13-6-4-11(8-14(13)17)16-7-5-12(10-18)20(16)3/h4-8,21H,9H2,1-3H3/b19-15-. The van der Waals surface area contributed by atoms with Crippen molar-refractivity contribution in [2.24, 2.45) is 12.2 Å². The Hall–Kier alpha value is -2.54. The van der Waals surface area contributed by atoms with Crippen LogP contribution < -0.4 is 0 Å². The van der Waals surface area contributed by atoms with Crippen LogP contribution in [0.15, 0.2) is 35.5 Å². The summed E-state index contributed by atoms with van der Waals surface area (Å²) in [6, 6.07) is 12.1. The zero-order valence-corrected chi connectivity index (χ0v) is 12.4. The third kappa shape index (κ3) is 1.93. The molecule has 2 aromatic rings. The molecule has 0 fully saturated rings. The highest BCUT2D eigenvalue weighted by Crippen LogP contribution is 2.40. The van der Waals surface area contributed by atoms with Gasteiger partial charge < -0.3 is 9.77 Å². The van der Waals surface area contributed by atoms with Gasteiger partial charge >= 0.3 is 0 Å². The van der Waals surface area contributed by atoms with Gasteiger partial charge in [-0.05, 0) is 34.7 Å². The van der Waals surface area contributed by atoms with Crippen molar-refractivity contribution in [1.29, 1.82) is 5.26 Å². The summed E-state index contributed by atoms with van der Waals surface area (Å²) in [5.41, 5.74) is 5.63. The summed E-state index contributed by atoms with van der Waals surface area (Å²) in [5, 5.41) is 21.7. The second kappa shape index (κ2) is 4.49. The first-order chi connectivity index (χ1) is 9.97. The monoisotopic (exact) mass is 279 g/mol. The molecule has 0 amide bonds. The molecule has 1 aliphatic rings. The number of rotatable bonds is 1. The Bertz CT molecular complexity index is 791. The Morgan fingerprint density at radius 3 is 2.67 bits per heavy atom. The van der Waals surface area contributed by atoms with Crippen LogP contribution in [0.4, 0.5) is 0 Å². The van der Waals surface area contributed by atoms with E-state index in [0.29, 0.717) is 5.69 Å². The molecule has 106 valence electrons. The van der Waals surface area contributed by atoms with E-state index < -0.39 is 0 Å². The average molecular weight is 279 g/mol. The van der Waals surface area contributed by atoms with Crippen LogP contribution in [0.5, 0.6) is 0 Å². The molecule has 3 rings (SSSR count). The van der Waals surface area contributed by atoms with Gasteiger partial charge in [0.15, 0.2) is 0 Å². The van der Waals surface area contributed by atoms with E-state index in [1.54, 1.807) is 0 Å². The van der Waals surface area contributed by atoms with Gasteiger partial charge in [-0.25, -0.2) is 0 Å². The molecular formula is C17H17N3O. The van der Waals surface area contributed by atoms with Gasteiger partial charge in [-0.3, -0.25) is 0 Å². The number of fused-ring (bicyclic) bond motifs is 1. The van der Waals surface area contributed by atoms with E-state index in [2.05, 4.69) is 31.1 Å². The fourth-order valence-electron chi connectivity index (χ4n) is 3.13. The van der Waals surface area contributed by atoms with E-state index in [4.69, 9.17) is 10.5 Å². The SMILES string of the molecule is Cn1c(C#N)ccc1-c1ccc2c(c1)C(C)(C)C/C2=N/O. The lowest BCUT2D eigenvalue weighted by molar-refractivity contribution is 0.317. The van der Waals surface area contributed by atoms with Crippen LogP contribution in [-0.2, 0) is 12.5 Å². The van der Waals surface area contributed by atoms with Crippen molar-refractivity contribution < 1.29 is 5.21 Å². The van der Waals surface area contributed by atoms with Gasteiger partial charge in [-0.1, -0.05) is 31.1 Å². The van der Waals surface area contributed by atoms with Crippen molar-refractivity contribution in [1.82, 2.24) is 4.57 Å². The lowest BCUT2D eigenvalue weighted by atomic mass is 9.85. The highest BCUT2D eigenvalue weighted by atomic mass is 16.4. The lowest BCUT2D eigenvalue weighted by Gasteiger charge is -2.19. The Kier molecular flexibility index (Phi) is 2.87. The molecule has 0 unspecified atom stereocenters. The average Bonchev–Trinajstić information content (AvgIpc) is 2.96. The first-order valence-electron chi connectivity index (χ1n) is 6.90.